The van der Waals surface area contributed by atoms with E-state index >= 15 is 0 Å². The summed E-state index contributed by atoms with van der Waals surface area (Å²) in [6.45, 7) is 1.14. The van der Waals surface area contributed by atoms with Crippen LogP contribution in [0.5, 0.6) is 11.5 Å². The fourth-order valence-electron chi connectivity index (χ4n) is 3.18. The van der Waals surface area contributed by atoms with Crippen molar-refractivity contribution < 1.29 is 9.47 Å². The number of aryl methyl sites for hydroxylation is 1. The lowest BCUT2D eigenvalue weighted by Gasteiger charge is -2.21. The van der Waals surface area contributed by atoms with Crippen molar-refractivity contribution in [3.63, 3.8) is 0 Å². The van der Waals surface area contributed by atoms with Crippen molar-refractivity contribution in [2.45, 2.75) is 18.8 Å². The molecule has 1 aliphatic rings. The van der Waals surface area contributed by atoms with Crippen molar-refractivity contribution in [3.8, 4) is 17.6 Å². The van der Waals surface area contributed by atoms with E-state index < -0.39 is 0 Å². The van der Waals surface area contributed by atoms with Crippen LogP contribution >= 0.6 is 0 Å². The van der Waals surface area contributed by atoms with Gasteiger partial charge in [-0.2, -0.15) is 10.4 Å². The van der Waals surface area contributed by atoms with E-state index in [0.717, 1.165) is 22.6 Å². The minimum atomic E-state index is -0.0819. The zero-order valence-corrected chi connectivity index (χ0v) is 15.5. The largest absolute Gasteiger partial charge is 0.489 e. The Hall–Kier alpha value is -3.34. The summed E-state index contributed by atoms with van der Waals surface area (Å²) in [5.74, 6) is 1.54. The summed E-state index contributed by atoms with van der Waals surface area (Å²) in [5, 5.41) is 13.1. The van der Waals surface area contributed by atoms with Crippen molar-refractivity contribution in [2.75, 3.05) is 6.54 Å². The van der Waals surface area contributed by atoms with Crippen LogP contribution in [0, 0.1) is 11.3 Å². The highest BCUT2D eigenvalue weighted by molar-refractivity contribution is 5.36. The molecule has 142 valence electrons. The van der Waals surface area contributed by atoms with E-state index in [2.05, 4.69) is 28.1 Å². The minimum absolute atomic E-state index is 0.0161. The van der Waals surface area contributed by atoms with E-state index in [0.29, 0.717) is 18.7 Å². The Morgan fingerprint density at radius 2 is 2.07 bits per heavy atom. The Morgan fingerprint density at radius 1 is 1.21 bits per heavy atom. The highest BCUT2D eigenvalue weighted by atomic mass is 16.5. The van der Waals surface area contributed by atoms with Crippen LogP contribution in [0.3, 0.4) is 0 Å². The normalized spacial score (nSPS) is 18.6. The second kappa shape index (κ2) is 8.13. The number of aromatic nitrogens is 2. The van der Waals surface area contributed by atoms with Crippen LogP contribution in [0.2, 0.25) is 0 Å². The van der Waals surface area contributed by atoms with Crippen molar-refractivity contribution in [3.05, 3.63) is 77.6 Å². The maximum Gasteiger partial charge on any atom is 0.133 e. The van der Waals surface area contributed by atoms with Gasteiger partial charge in [0.25, 0.3) is 0 Å². The predicted octanol–water partition coefficient (Wildman–Crippen LogP) is 2.47. The SMILES string of the molecule is Cn1cc(COc2cccc(C3NNCC3Oc3ccc(C#N)cc3)c2)cn1. The summed E-state index contributed by atoms with van der Waals surface area (Å²) in [4.78, 5) is 0. The first-order valence-electron chi connectivity index (χ1n) is 9.07. The molecule has 0 spiro atoms. The van der Waals surface area contributed by atoms with Gasteiger partial charge in [-0.3, -0.25) is 10.1 Å². The molecule has 1 saturated heterocycles. The average Bonchev–Trinajstić information content (AvgIpc) is 3.36. The summed E-state index contributed by atoms with van der Waals surface area (Å²) < 4.78 is 13.8. The molecule has 1 aromatic heterocycles. The fraction of sp³-hybridized carbons (Fsp3) is 0.238. The number of hydrogen-bond acceptors (Lipinski definition) is 6. The number of nitrogens with zero attached hydrogens (tertiary/aromatic N) is 3. The fourth-order valence-corrected chi connectivity index (χ4v) is 3.18. The van der Waals surface area contributed by atoms with Gasteiger partial charge in [-0.05, 0) is 42.0 Å². The van der Waals surface area contributed by atoms with Crippen LogP contribution in [0.15, 0.2) is 60.9 Å². The minimum Gasteiger partial charge on any atom is -0.489 e. The summed E-state index contributed by atoms with van der Waals surface area (Å²) in [7, 11) is 1.89. The van der Waals surface area contributed by atoms with Crippen LogP contribution in [0.25, 0.3) is 0 Å². The first-order valence-corrected chi connectivity index (χ1v) is 9.07. The number of nitriles is 1. The quantitative estimate of drug-likeness (QED) is 0.689. The van der Waals surface area contributed by atoms with Gasteiger partial charge in [0.2, 0.25) is 0 Å². The molecule has 4 rings (SSSR count). The third-order valence-electron chi connectivity index (χ3n) is 4.58. The molecule has 2 unspecified atom stereocenters. The van der Waals surface area contributed by atoms with Gasteiger partial charge in [-0.25, -0.2) is 5.43 Å². The van der Waals surface area contributed by atoms with Gasteiger partial charge in [-0.15, -0.1) is 0 Å². The standard InChI is InChI=1S/C21H21N5O2/c1-26-13-16(11-24-26)14-27-19-4-2-3-17(9-19)21-20(12-23-25-21)28-18-7-5-15(10-22)6-8-18/h2-9,11,13,20-21,23,25H,12,14H2,1H3. The van der Waals surface area contributed by atoms with Gasteiger partial charge in [0.15, 0.2) is 0 Å². The second-order valence-corrected chi connectivity index (χ2v) is 6.68. The molecule has 28 heavy (non-hydrogen) atoms. The third-order valence-corrected chi connectivity index (χ3v) is 4.58. The van der Waals surface area contributed by atoms with Crippen LogP contribution in [-0.2, 0) is 13.7 Å². The van der Waals surface area contributed by atoms with Crippen LogP contribution in [0.1, 0.15) is 22.7 Å². The molecule has 0 amide bonds. The summed E-state index contributed by atoms with van der Waals surface area (Å²) in [6, 6.07) is 17.3. The Balaban J connectivity index is 1.44. The van der Waals surface area contributed by atoms with Crippen LogP contribution < -0.4 is 20.3 Å². The first-order chi connectivity index (χ1) is 13.7. The van der Waals surface area contributed by atoms with E-state index in [1.54, 1.807) is 23.0 Å². The van der Waals surface area contributed by atoms with Gasteiger partial charge in [-0.1, -0.05) is 12.1 Å². The first kappa shape index (κ1) is 18.0. The molecule has 2 atom stereocenters. The van der Waals surface area contributed by atoms with E-state index in [1.807, 2.05) is 43.6 Å². The summed E-state index contributed by atoms with van der Waals surface area (Å²) in [6.07, 6.45) is 3.66. The lowest BCUT2D eigenvalue weighted by molar-refractivity contribution is 0.197. The Bertz CT molecular complexity index is 977. The highest BCUT2D eigenvalue weighted by Crippen LogP contribution is 2.27. The molecule has 1 fully saturated rings. The Labute approximate surface area is 163 Å². The molecule has 7 nitrogen and oxygen atoms in total. The molecule has 0 bridgehead atoms. The number of nitrogens with one attached hydrogen (secondary N) is 2. The maximum atomic E-state index is 8.92. The highest BCUT2D eigenvalue weighted by Gasteiger charge is 2.30. The summed E-state index contributed by atoms with van der Waals surface area (Å²) >= 11 is 0. The van der Waals surface area contributed by atoms with E-state index in [9.17, 15) is 0 Å². The molecule has 3 aromatic rings. The molecular formula is C21H21N5O2. The van der Waals surface area contributed by atoms with Crippen molar-refractivity contribution >= 4 is 0 Å². The molecule has 1 aliphatic heterocycles. The number of hydrazine groups is 1. The number of benzene rings is 2. The topological polar surface area (TPSA) is 84.1 Å². The lowest BCUT2D eigenvalue weighted by atomic mass is 10.0. The molecule has 7 heteroatoms. The molecule has 2 heterocycles. The van der Waals surface area contributed by atoms with Crippen LogP contribution in [0.4, 0.5) is 0 Å². The number of hydrogen-bond donors (Lipinski definition) is 2. The smallest absolute Gasteiger partial charge is 0.133 e. The predicted molar refractivity (Wildman–Crippen MR) is 103 cm³/mol. The van der Waals surface area contributed by atoms with E-state index in [-0.39, 0.29) is 12.1 Å². The average molecular weight is 375 g/mol. The van der Waals surface area contributed by atoms with Crippen molar-refractivity contribution in [1.82, 2.24) is 20.6 Å². The molecular weight excluding hydrogens is 354 g/mol. The molecule has 2 N–H and O–H groups in total. The number of ether oxygens (including phenoxy) is 2. The summed E-state index contributed by atoms with van der Waals surface area (Å²) in [5.41, 5.74) is 9.15. The van der Waals surface area contributed by atoms with Crippen molar-refractivity contribution in [1.29, 1.82) is 5.26 Å². The monoisotopic (exact) mass is 375 g/mol. The van der Waals surface area contributed by atoms with Gasteiger partial charge in [0, 0.05) is 25.4 Å². The zero-order chi connectivity index (χ0) is 19.3. The van der Waals surface area contributed by atoms with E-state index in [1.165, 1.54) is 0 Å². The molecule has 2 aromatic carbocycles. The Morgan fingerprint density at radius 3 is 2.82 bits per heavy atom. The third kappa shape index (κ3) is 4.14. The molecule has 0 aliphatic carbocycles. The second-order valence-electron chi connectivity index (χ2n) is 6.68. The van der Waals surface area contributed by atoms with Gasteiger partial charge in [0.05, 0.1) is 23.9 Å². The van der Waals surface area contributed by atoms with Crippen molar-refractivity contribution in [2.24, 2.45) is 7.05 Å². The van der Waals surface area contributed by atoms with Gasteiger partial charge >= 0.3 is 0 Å². The Kier molecular flexibility index (Phi) is 5.24. The number of rotatable bonds is 6. The zero-order valence-electron chi connectivity index (χ0n) is 15.5. The van der Waals surface area contributed by atoms with E-state index in [4.69, 9.17) is 14.7 Å². The van der Waals surface area contributed by atoms with Gasteiger partial charge in [0.1, 0.15) is 24.2 Å². The molecule has 0 saturated carbocycles. The van der Waals surface area contributed by atoms with Gasteiger partial charge < -0.3 is 9.47 Å². The molecule has 0 radical (unpaired) electrons. The lowest BCUT2D eigenvalue weighted by Crippen LogP contribution is -2.27. The van der Waals surface area contributed by atoms with Crippen LogP contribution in [-0.4, -0.2) is 22.4 Å². The maximum absolute atomic E-state index is 8.92.